The summed E-state index contributed by atoms with van der Waals surface area (Å²) in [5.41, 5.74) is -0.566. The Morgan fingerprint density at radius 1 is 1.31 bits per heavy atom. The summed E-state index contributed by atoms with van der Waals surface area (Å²) in [5, 5.41) is 5.08. The molecule has 2 N–H and O–H groups in total. The summed E-state index contributed by atoms with van der Waals surface area (Å²) in [4.78, 5) is 25.8. The van der Waals surface area contributed by atoms with E-state index < -0.39 is 11.7 Å². The zero-order valence-corrected chi connectivity index (χ0v) is 10.4. The van der Waals surface area contributed by atoms with Crippen molar-refractivity contribution in [3.63, 3.8) is 0 Å². The van der Waals surface area contributed by atoms with Crippen molar-refractivity contribution < 1.29 is 14.3 Å². The molecule has 0 radical (unpaired) electrons. The van der Waals surface area contributed by atoms with Gasteiger partial charge in [0.15, 0.2) is 0 Å². The smallest absolute Gasteiger partial charge is 0.414 e. The van der Waals surface area contributed by atoms with E-state index in [1.807, 2.05) is 0 Å². The maximum absolute atomic E-state index is 11.3. The zero-order valence-electron chi connectivity index (χ0n) is 10.4. The maximum Gasteiger partial charge on any atom is 0.414 e. The Hall–Kier alpha value is -1.59. The van der Waals surface area contributed by atoms with Gasteiger partial charge in [-0.15, -0.1) is 0 Å². The maximum atomic E-state index is 11.3. The van der Waals surface area contributed by atoms with Crippen molar-refractivity contribution >= 4 is 17.8 Å². The standard InChI is InChI=1S/C10H19N3O3/c1-7(14)6-12-8(11-5)13-9(15)16-10(2,3)4/h6H2,1-5H3,(H2,11,12,13,15). The molecule has 6 nitrogen and oxygen atoms in total. The monoisotopic (exact) mass is 229 g/mol. The van der Waals surface area contributed by atoms with Gasteiger partial charge in [0, 0.05) is 7.05 Å². The highest BCUT2D eigenvalue weighted by Gasteiger charge is 2.17. The number of aliphatic imine (C=N–C) groups is 1. The molecule has 6 heteroatoms. The van der Waals surface area contributed by atoms with Crippen LogP contribution in [0.15, 0.2) is 4.99 Å². The molecule has 16 heavy (non-hydrogen) atoms. The molecule has 0 rings (SSSR count). The van der Waals surface area contributed by atoms with Crippen molar-refractivity contribution in [1.29, 1.82) is 0 Å². The van der Waals surface area contributed by atoms with Crippen molar-refractivity contribution in [2.45, 2.75) is 33.3 Å². The number of ketones is 1. The van der Waals surface area contributed by atoms with E-state index in [2.05, 4.69) is 15.6 Å². The lowest BCUT2D eigenvalue weighted by Crippen LogP contribution is -2.44. The predicted octanol–water partition coefficient (Wildman–Crippen LogP) is 0.675. The van der Waals surface area contributed by atoms with Crippen LogP contribution >= 0.6 is 0 Å². The summed E-state index contributed by atoms with van der Waals surface area (Å²) in [6.07, 6.45) is -0.607. The van der Waals surface area contributed by atoms with Crippen LogP contribution in [0.25, 0.3) is 0 Å². The SMILES string of the molecule is CN=C(NCC(C)=O)NC(=O)OC(C)(C)C. The normalized spacial score (nSPS) is 11.9. The van der Waals surface area contributed by atoms with Crippen LogP contribution in [0.1, 0.15) is 27.7 Å². The number of carbonyl (C=O) groups is 2. The van der Waals surface area contributed by atoms with Crippen LogP contribution in [0.3, 0.4) is 0 Å². The highest BCUT2D eigenvalue weighted by atomic mass is 16.6. The third kappa shape index (κ3) is 7.78. The molecule has 0 saturated carbocycles. The van der Waals surface area contributed by atoms with E-state index in [-0.39, 0.29) is 18.3 Å². The molecular weight excluding hydrogens is 210 g/mol. The van der Waals surface area contributed by atoms with Gasteiger partial charge in [-0.1, -0.05) is 0 Å². The first-order chi connectivity index (χ1) is 7.24. The van der Waals surface area contributed by atoms with Gasteiger partial charge in [0.1, 0.15) is 11.4 Å². The molecule has 0 spiro atoms. The van der Waals surface area contributed by atoms with Gasteiger partial charge in [0.2, 0.25) is 5.96 Å². The molecule has 0 aromatic carbocycles. The number of hydrogen-bond donors (Lipinski definition) is 2. The minimum Gasteiger partial charge on any atom is -0.444 e. The number of guanidine groups is 1. The van der Waals surface area contributed by atoms with Crippen LogP contribution in [-0.4, -0.2) is 37.0 Å². The quantitative estimate of drug-likeness (QED) is 0.539. The number of carbonyl (C=O) groups excluding carboxylic acids is 2. The van der Waals surface area contributed by atoms with Gasteiger partial charge in [0.05, 0.1) is 6.54 Å². The molecule has 0 aromatic rings. The lowest BCUT2D eigenvalue weighted by Gasteiger charge is -2.20. The molecule has 0 saturated heterocycles. The van der Waals surface area contributed by atoms with Crippen LogP contribution in [0.4, 0.5) is 4.79 Å². The van der Waals surface area contributed by atoms with E-state index in [9.17, 15) is 9.59 Å². The molecule has 0 aromatic heterocycles. The Morgan fingerprint density at radius 2 is 1.88 bits per heavy atom. The molecule has 0 bridgehead atoms. The molecule has 0 heterocycles. The minimum absolute atomic E-state index is 0.0489. The number of ether oxygens (including phenoxy) is 1. The second kappa shape index (κ2) is 6.09. The molecule has 92 valence electrons. The Kier molecular flexibility index (Phi) is 5.49. The Balaban J connectivity index is 4.14. The van der Waals surface area contributed by atoms with Crippen molar-refractivity contribution in [3.8, 4) is 0 Å². The van der Waals surface area contributed by atoms with Crippen LogP contribution in [0.5, 0.6) is 0 Å². The Morgan fingerprint density at radius 3 is 2.25 bits per heavy atom. The van der Waals surface area contributed by atoms with Gasteiger partial charge in [-0.05, 0) is 27.7 Å². The van der Waals surface area contributed by atoms with Crippen molar-refractivity contribution in [2.24, 2.45) is 4.99 Å². The highest BCUT2D eigenvalue weighted by molar-refractivity contribution is 5.95. The number of hydrogen-bond acceptors (Lipinski definition) is 4. The van der Waals surface area contributed by atoms with E-state index in [1.54, 1.807) is 20.8 Å². The van der Waals surface area contributed by atoms with Crippen LogP contribution in [-0.2, 0) is 9.53 Å². The van der Waals surface area contributed by atoms with Crippen molar-refractivity contribution in [1.82, 2.24) is 10.6 Å². The highest BCUT2D eigenvalue weighted by Crippen LogP contribution is 2.06. The van der Waals surface area contributed by atoms with E-state index in [0.29, 0.717) is 0 Å². The third-order valence-electron chi connectivity index (χ3n) is 1.35. The summed E-state index contributed by atoms with van der Waals surface area (Å²) >= 11 is 0. The molecule has 1 amide bonds. The van der Waals surface area contributed by atoms with Crippen molar-refractivity contribution in [3.05, 3.63) is 0 Å². The lowest BCUT2D eigenvalue weighted by atomic mass is 10.2. The number of alkyl carbamates (subject to hydrolysis) is 1. The largest absolute Gasteiger partial charge is 0.444 e. The molecule has 0 aliphatic rings. The zero-order chi connectivity index (χ0) is 12.8. The Bertz CT molecular complexity index is 292. The molecule has 0 atom stereocenters. The number of nitrogens with zero attached hydrogens (tertiary/aromatic N) is 1. The van der Waals surface area contributed by atoms with E-state index >= 15 is 0 Å². The second-order valence-electron chi connectivity index (χ2n) is 4.25. The number of rotatable bonds is 2. The summed E-state index contributed by atoms with van der Waals surface area (Å²) in [7, 11) is 1.50. The first kappa shape index (κ1) is 14.4. The average Bonchev–Trinajstić information content (AvgIpc) is 2.08. The Labute approximate surface area is 95.5 Å². The topological polar surface area (TPSA) is 79.8 Å². The van der Waals surface area contributed by atoms with E-state index in [0.717, 1.165) is 0 Å². The van der Waals surface area contributed by atoms with Gasteiger partial charge in [0.25, 0.3) is 0 Å². The fourth-order valence-corrected chi connectivity index (χ4v) is 0.788. The van der Waals surface area contributed by atoms with Crippen LogP contribution in [0, 0.1) is 0 Å². The van der Waals surface area contributed by atoms with E-state index in [4.69, 9.17) is 4.74 Å². The van der Waals surface area contributed by atoms with Crippen LogP contribution in [0.2, 0.25) is 0 Å². The summed E-state index contributed by atoms with van der Waals surface area (Å²) < 4.78 is 5.02. The van der Waals surface area contributed by atoms with E-state index in [1.165, 1.54) is 14.0 Å². The van der Waals surface area contributed by atoms with Gasteiger partial charge < -0.3 is 10.1 Å². The molecule has 0 aliphatic carbocycles. The summed E-state index contributed by atoms with van der Waals surface area (Å²) in [6.45, 7) is 6.84. The van der Waals surface area contributed by atoms with Gasteiger partial charge in [-0.3, -0.25) is 15.1 Å². The van der Waals surface area contributed by atoms with Crippen LogP contribution < -0.4 is 10.6 Å². The summed E-state index contributed by atoms with van der Waals surface area (Å²) in [6, 6.07) is 0. The lowest BCUT2D eigenvalue weighted by molar-refractivity contribution is -0.116. The molecule has 0 fully saturated rings. The third-order valence-corrected chi connectivity index (χ3v) is 1.35. The second-order valence-corrected chi connectivity index (χ2v) is 4.25. The number of nitrogens with one attached hydrogen (secondary N) is 2. The fourth-order valence-electron chi connectivity index (χ4n) is 0.788. The predicted molar refractivity (Wildman–Crippen MR) is 61.4 cm³/mol. The van der Waals surface area contributed by atoms with Gasteiger partial charge in [-0.2, -0.15) is 0 Å². The molecule has 0 aliphatic heterocycles. The van der Waals surface area contributed by atoms with Crippen molar-refractivity contribution in [2.75, 3.05) is 13.6 Å². The fraction of sp³-hybridized carbons (Fsp3) is 0.700. The van der Waals surface area contributed by atoms with Gasteiger partial charge >= 0.3 is 6.09 Å². The average molecular weight is 229 g/mol. The van der Waals surface area contributed by atoms with Gasteiger partial charge in [-0.25, -0.2) is 4.79 Å². The molecular formula is C10H19N3O3. The summed E-state index contributed by atoms with van der Waals surface area (Å²) in [5.74, 6) is 0.164. The first-order valence-electron chi connectivity index (χ1n) is 4.94. The molecule has 0 unspecified atom stereocenters. The minimum atomic E-state index is -0.607. The first-order valence-corrected chi connectivity index (χ1v) is 4.94. The number of amides is 1. The number of Topliss-reactive ketones (excluding diaryl/α,β-unsaturated/α-hetero) is 1.